The van der Waals surface area contributed by atoms with E-state index in [2.05, 4.69) is 4.98 Å². The van der Waals surface area contributed by atoms with Crippen LogP contribution in [-0.4, -0.2) is 16.7 Å². The summed E-state index contributed by atoms with van der Waals surface area (Å²) in [5.74, 6) is 0.802. The van der Waals surface area contributed by atoms with Gasteiger partial charge in [-0.1, -0.05) is 18.2 Å². The number of rotatable bonds is 3. The Hall–Kier alpha value is -1.81. The summed E-state index contributed by atoms with van der Waals surface area (Å²) in [6.45, 7) is 0. The summed E-state index contributed by atoms with van der Waals surface area (Å²) >= 11 is 0. The molecule has 0 saturated carbocycles. The molecule has 1 unspecified atom stereocenters. The van der Waals surface area contributed by atoms with Gasteiger partial charge in [0.1, 0.15) is 5.75 Å². The van der Waals surface area contributed by atoms with E-state index in [-0.39, 0.29) is 6.04 Å². The van der Waals surface area contributed by atoms with Crippen LogP contribution in [0.4, 0.5) is 0 Å². The van der Waals surface area contributed by atoms with Gasteiger partial charge < -0.3 is 15.0 Å². The average molecular weight is 217 g/mol. The van der Waals surface area contributed by atoms with Gasteiger partial charge in [0.25, 0.3) is 0 Å². The summed E-state index contributed by atoms with van der Waals surface area (Å²) in [7, 11) is 3.58. The molecule has 2 aromatic rings. The largest absolute Gasteiger partial charge is 0.496 e. The molecule has 2 rings (SSSR count). The van der Waals surface area contributed by atoms with E-state index in [4.69, 9.17) is 10.5 Å². The van der Waals surface area contributed by atoms with Gasteiger partial charge >= 0.3 is 0 Å². The average Bonchev–Trinajstić information content (AvgIpc) is 2.74. The molecule has 0 fully saturated rings. The zero-order valence-corrected chi connectivity index (χ0v) is 9.42. The van der Waals surface area contributed by atoms with Crippen molar-refractivity contribution in [2.24, 2.45) is 12.8 Å². The first-order chi connectivity index (χ1) is 7.74. The number of aryl methyl sites for hydroxylation is 1. The van der Waals surface area contributed by atoms with Crippen LogP contribution in [0.25, 0.3) is 0 Å². The third-order valence-corrected chi connectivity index (χ3v) is 2.65. The lowest BCUT2D eigenvalue weighted by Gasteiger charge is -2.15. The molecule has 1 heterocycles. The van der Waals surface area contributed by atoms with E-state index in [0.717, 1.165) is 17.0 Å². The van der Waals surface area contributed by atoms with Gasteiger partial charge in [-0.15, -0.1) is 0 Å². The summed E-state index contributed by atoms with van der Waals surface area (Å²) in [4.78, 5) is 4.07. The van der Waals surface area contributed by atoms with Crippen LogP contribution in [-0.2, 0) is 7.05 Å². The predicted molar refractivity (Wildman–Crippen MR) is 62.2 cm³/mol. The van der Waals surface area contributed by atoms with E-state index in [1.54, 1.807) is 19.6 Å². The summed E-state index contributed by atoms with van der Waals surface area (Å²) in [5, 5.41) is 0. The molecular weight excluding hydrogens is 202 g/mol. The number of hydrogen-bond donors (Lipinski definition) is 1. The van der Waals surface area contributed by atoms with Crippen molar-refractivity contribution < 1.29 is 4.74 Å². The highest BCUT2D eigenvalue weighted by molar-refractivity contribution is 5.39. The Morgan fingerprint density at radius 3 is 2.75 bits per heavy atom. The Morgan fingerprint density at radius 1 is 1.38 bits per heavy atom. The molecule has 16 heavy (non-hydrogen) atoms. The normalized spacial score (nSPS) is 12.4. The van der Waals surface area contributed by atoms with Crippen LogP contribution >= 0.6 is 0 Å². The van der Waals surface area contributed by atoms with E-state index in [0.29, 0.717) is 0 Å². The minimum Gasteiger partial charge on any atom is -0.496 e. The summed E-state index contributed by atoms with van der Waals surface area (Å²) in [6, 6.07) is 7.54. The Kier molecular flexibility index (Phi) is 2.92. The molecule has 0 spiro atoms. The highest BCUT2D eigenvalue weighted by Gasteiger charge is 2.15. The maximum absolute atomic E-state index is 6.20. The number of methoxy groups -OCH3 is 1. The molecule has 1 aromatic heterocycles. The van der Waals surface area contributed by atoms with Crippen molar-refractivity contribution >= 4 is 0 Å². The first-order valence-corrected chi connectivity index (χ1v) is 5.08. The Balaban J connectivity index is 2.41. The quantitative estimate of drug-likeness (QED) is 0.847. The van der Waals surface area contributed by atoms with Gasteiger partial charge in [-0.3, -0.25) is 0 Å². The Bertz CT molecular complexity index is 479. The maximum Gasteiger partial charge on any atom is 0.124 e. The van der Waals surface area contributed by atoms with Gasteiger partial charge in [-0.05, 0) is 6.07 Å². The molecule has 0 bridgehead atoms. The lowest BCUT2D eigenvalue weighted by molar-refractivity contribution is 0.407. The number of nitrogens with two attached hydrogens (primary N) is 1. The number of nitrogens with zero attached hydrogens (tertiary/aromatic N) is 2. The van der Waals surface area contributed by atoms with Gasteiger partial charge in [0.15, 0.2) is 0 Å². The highest BCUT2D eigenvalue weighted by atomic mass is 16.5. The first kappa shape index (κ1) is 10.7. The molecule has 2 N–H and O–H groups in total. The first-order valence-electron chi connectivity index (χ1n) is 5.08. The number of ether oxygens (including phenoxy) is 1. The van der Waals surface area contributed by atoms with Crippen molar-refractivity contribution in [3.05, 3.63) is 48.0 Å². The standard InChI is InChI=1S/C12H15N3O/c1-15-8-14-7-10(15)12(13)9-5-3-4-6-11(9)16-2/h3-8,12H,13H2,1-2H3. The van der Waals surface area contributed by atoms with Crippen LogP contribution in [0, 0.1) is 0 Å². The van der Waals surface area contributed by atoms with Gasteiger partial charge in [-0.25, -0.2) is 4.98 Å². The van der Waals surface area contributed by atoms with Crippen LogP contribution < -0.4 is 10.5 Å². The zero-order valence-electron chi connectivity index (χ0n) is 9.42. The number of aromatic nitrogens is 2. The minimum atomic E-state index is -0.219. The number of para-hydroxylation sites is 1. The van der Waals surface area contributed by atoms with E-state index in [1.165, 1.54) is 0 Å². The fourth-order valence-corrected chi connectivity index (χ4v) is 1.75. The minimum absolute atomic E-state index is 0.219. The fourth-order valence-electron chi connectivity index (χ4n) is 1.75. The molecule has 0 aliphatic heterocycles. The van der Waals surface area contributed by atoms with Crippen molar-refractivity contribution in [2.75, 3.05) is 7.11 Å². The number of hydrogen-bond acceptors (Lipinski definition) is 3. The van der Waals surface area contributed by atoms with E-state index in [9.17, 15) is 0 Å². The Morgan fingerprint density at radius 2 is 2.12 bits per heavy atom. The smallest absolute Gasteiger partial charge is 0.124 e. The SMILES string of the molecule is COc1ccccc1C(N)c1cncn1C. The van der Waals surface area contributed by atoms with Gasteiger partial charge in [0.2, 0.25) is 0 Å². The van der Waals surface area contributed by atoms with Gasteiger partial charge in [0.05, 0.1) is 31.4 Å². The number of benzene rings is 1. The second kappa shape index (κ2) is 4.37. The fraction of sp³-hybridized carbons (Fsp3) is 0.250. The molecule has 0 saturated heterocycles. The molecule has 0 aliphatic rings. The van der Waals surface area contributed by atoms with Crippen molar-refractivity contribution in [1.29, 1.82) is 0 Å². The van der Waals surface area contributed by atoms with Gasteiger partial charge in [0, 0.05) is 12.6 Å². The van der Waals surface area contributed by atoms with E-state index >= 15 is 0 Å². The zero-order chi connectivity index (χ0) is 11.5. The molecule has 0 aliphatic carbocycles. The Labute approximate surface area is 94.7 Å². The molecule has 1 aromatic carbocycles. The summed E-state index contributed by atoms with van der Waals surface area (Å²) < 4.78 is 7.21. The summed E-state index contributed by atoms with van der Waals surface area (Å²) in [6.07, 6.45) is 3.52. The second-order valence-corrected chi connectivity index (χ2v) is 3.65. The molecule has 4 heteroatoms. The van der Waals surface area contributed by atoms with Crippen LogP contribution in [0.3, 0.4) is 0 Å². The lowest BCUT2D eigenvalue weighted by Crippen LogP contribution is -2.16. The number of imidazole rings is 1. The van der Waals surface area contributed by atoms with Crippen LogP contribution in [0.1, 0.15) is 17.3 Å². The third kappa shape index (κ3) is 1.79. The van der Waals surface area contributed by atoms with E-state index < -0.39 is 0 Å². The molecule has 4 nitrogen and oxygen atoms in total. The molecule has 0 amide bonds. The molecular formula is C12H15N3O. The van der Waals surface area contributed by atoms with Crippen LogP contribution in [0.15, 0.2) is 36.8 Å². The summed E-state index contributed by atoms with van der Waals surface area (Å²) in [5.41, 5.74) is 8.13. The van der Waals surface area contributed by atoms with Crippen molar-refractivity contribution in [2.45, 2.75) is 6.04 Å². The molecule has 1 atom stereocenters. The van der Waals surface area contributed by atoms with Gasteiger partial charge in [-0.2, -0.15) is 0 Å². The van der Waals surface area contributed by atoms with Crippen LogP contribution in [0.2, 0.25) is 0 Å². The monoisotopic (exact) mass is 217 g/mol. The second-order valence-electron chi connectivity index (χ2n) is 3.65. The third-order valence-electron chi connectivity index (χ3n) is 2.65. The molecule has 84 valence electrons. The predicted octanol–water partition coefficient (Wildman–Crippen LogP) is 1.48. The van der Waals surface area contributed by atoms with Crippen molar-refractivity contribution in [1.82, 2.24) is 9.55 Å². The van der Waals surface area contributed by atoms with E-state index in [1.807, 2.05) is 35.9 Å². The maximum atomic E-state index is 6.20. The van der Waals surface area contributed by atoms with Crippen molar-refractivity contribution in [3.8, 4) is 5.75 Å². The topological polar surface area (TPSA) is 53.1 Å². The molecule has 0 radical (unpaired) electrons. The van der Waals surface area contributed by atoms with Crippen molar-refractivity contribution in [3.63, 3.8) is 0 Å². The lowest BCUT2D eigenvalue weighted by atomic mass is 10.0. The van der Waals surface area contributed by atoms with Crippen LogP contribution in [0.5, 0.6) is 5.75 Å². The highest BCUT2D eigenvalue weighted by Crippen LogP contribution is 2.27.